The van der Waals surface area contributed by atoms with Crippen LogP contribution in [0, 0.1) is 11.3 Å². The van der Waals surface area contributed by atoms with E-state index in [-0.39, 0.29) is 33.6 Å². The first-order chi connectivity index (χ1) is 15.7. The molecule has 0 aliphatic heterocycles. The Morgan fingerprint density at radius 1 is 1.03 bits per heavy atom. The molecule has 0 saturated carbocycles. The number of rotatable bonds is 7. The van der Waals surface area contributed by atoms with Gasteiger partial charge in [0.2, 0.25) is 0 Å². The van der Waals surface area contributed by atoms with Gasteiger partial charge in [-0.1, -0.05) is 44.2 Å². The van der Waals surface area contributed by atoms with Gasteiger partial charge < -0.3 is 16.2 Å². The third-order valence-corrected chi connectivity index (χ3v) is 5.22. The second-order valence-corrected chi connectivity index (χ2v) is 7.89. The fourth-order valence-corrected chi connectivity index (χ4v) is 3.45. The lowest BCUT2D eigenvalue weighted by Crippen LogP contribution is -2.19. The Hall–Kier alpha value is -4.44. The van der Waals surface area contributed by atoms with Crippen LogP contribution in [0.3, 0.4) is 0 Å². The third kappa shape index (κ3) is 5.25. The standard InChI is InChI=1S/C26H23N3O4/c1-15(2)17-6-8-18(9-7-17)26(33)29-24-21(28)11-10-19(13-22(30)31)23(24)25(32)20-5-3-4-16(12-20)14-27/h3-12,15H,13,28H2,1-2H3,(H,29,33)(H,30,31). The number of carboxylic acids is 1. The van der Waals surface area contributed by atoms with Crippen molar-refractivity contribution in [3.05, 3.63) is 94.0 Å². The van der Waals surface area contributed by atoms with E-state index in [9.17, 15) is 19.5 Å². The number of carbonyl (C=O) groups excluding carboxylic acids is 2. The van der Waals surface area contributed by atoms with Crippen LogP contribution in [0.15, 0.2) is 60.7 Å². The largest absolute Gasteiger partial charge is 0.481 e. The Morgan fingerprint density at radius 2 is 1.73 bits per heavy atom. The van der Waals surface area contributed by atoms with Crippen molar-refractivity contribution in [1.29, 1.82) is 5.26 Å². The van der Waals surface area contributed by atoms with E-state index < -0.39 is 24.1 Å². The molecule has 7 heteroatoms. The molecule has 0 bridgehead atoms. The molecule has 0 aliphatic rings. The van der Waals surface area contributed by atoms with Crippen molar-refractivity contribution in [3.63, 3.8) is 0 Å². The highest BCUT2D eigenvalue weighted by molar-refractivity contribution is 6.18. The fraction of sp³-hybridized carbons (Fsp3) is 0.154. The summed E-state index contributed by atoms with van der Waals surface area (Å²) in [6, 6.07) is 18.0. The Labute approximate surface area is 191 Å². The second kappa shape index (κ2) is 9.79. The van der Waals surface area contributed by atoms with Gasteiger partial charge in [-0.15, -0.1) is 0 Å². The maximum Gasteiger partial charge on any atom is 0.307 e. The van der Waals surface area contributed by atoms with E-state index in [1.807, 2.05) is 32.0 Å². The molecular formula is C26H23N3O4. The molecule has 0 radical (unpaired) electrons. The lowest BCUT2D eigenvalue weighted by atomic mass is 9.93. The summed E-state index contributed by atoms with van der Waals surface area (Å²) in [7, 11) is 0. The predicted molar refractivity (Wildman–Crippen MR) is 125 cm³/mol. The van der Waals surface area contributed by atoms with E-state index in [4.69, 9.17) is 11.0 Å². The summed E-state index contributed by atoms with van der Waals surface area (Å²) in [4.78, 5) is 37.8. The number of nitrogens with zero attached hydrogens (tertiary/aromatic N) is 1. The molecule has 0 heterocycles. The van der Waals surface area contributed by atoms with Crippen LogP contribution >= 0.6 is 0 Å². The number of hydrogen-bond donors (Lipinski definition) is 3. The zero-order valence-corrected chi connectivity index (χ0v) is 18.3. The van der Waals surface area contributed by atoms with Gasteiger partial charge in [-0.2, -0.15) is 5.26 Å². The Kier molecular flexibility index (Phi) is 6.89. The van der Waals surface area contributed by atoms with Crippen molar-refractivity contribution in [2.45, 2.75) is 26.2 Å². The van der Waals surface area contributed by atoms with E-state index in [0.29, 0.717) is 11.5 Å². The van der Waals surface area contributed by atoms with Gasteiger partial charge in [0.05, 0.1) is 35.0 Å². The maximum atomic E-state index is 13.4. The smallest absolute Gasteiger partial charge is 0.307 e. The molecule has 3 rings (SSSR count). The number of nitrogens with two attached hydrogens (primary N) is 1. The van der Waals surface area contributed by atoms with E-state index in [2.05, 4.69) is 5.32 Å². The highest BCUT2D eigenvalue weighted by Gasteiger charge is 2.23. The lowest BCUT2D eigenvalue weighted by Gasteiger charge is -2.17. The molecule has 33 heavy (non-hydrogen) atoms. The minimum atomic E-state index is -1.14. The number of nitriles is 1. The molecule has 0 aliphatic carbocycles. The monoisotopic (exact) mass is 441 g/mol. The summed E-state index contributed by atoms with van der Waals surface area (Å²) in [6.07, 6.45) is -0.439. The number of amides is 1. The highest BCUT2D eigenvalue weighted by atomic mass is 16.4. The number of benzene rings is 3. The van der Waals surface area contributed by atoms with Crippen molar-refractivity contribution in [2.24, 2.45) is 0 Å². The quantitative estimate of drug-likeness (QED) is 0.368. The average molecular weight is 441 g/mol. The lowest BCUT2D eigenvalue weighted by molar-refractivity contribution is -0.136. The topological polar surface area (TPSA) is 133 Å². The molecular weight excluding hydrogens is 418 g/mol. The second-order valence-electron chi connectivity index (χ2n) is 7.89. The molecule has 0 saturated heterocycles. The number of carboxylic acid groups (broad SMARTS) is 1. The number of ketones is 1. The maximum absolute atomic E-state index is 13.4. The molecule has 0 atom stereocenters. The summed E-state index contributed by atoms with van der Waals surface area (Å²) in [5.41, 5.74) is 8.37. The molecule has 0 aromatic heterocycles. The summed E-state index contributed by atoms with van der Waals surface area (Å²) in [5, 5.41) is 21.2. The average Bonchev–Trinajstić information content (AvgIpc) is 2.80. The van der Waals surface area contributed by atoms with Gasteiger partial charge >= 0.3 is 5.97 Å². The molecule has 166 valence electrons. The molecule has 0 spiro atoms. The van der Waals surface area contributed by atoms with Gasteiger partial charge in [-0.25, -0.2) is 0 Å². The van der Waals surface area contributed by atoms with Gasteiger partial charge in [-0.3, -0.25) is 14.4 Å². The minimum Gasteiger partial charge on any atom is -0.481 e. The van der Waals surface area contributed by atoms with Gasteiger partial charge in [0.15, 0.2) is 5.78 Å². The predicted octanol–water partition coefficient (Wildman–Crippen LogP) is 4.37. The summed E-state index contributed by atoms with van der Waals surface area (Å²) in [6.45, 7) is 4.09. The van der Waals surface area contributed by atoms with Crippen molar-refractivity contribution in [2.75, 3.05) is 11.1 Å². The number of carbonyl (C=O) groups is 3. The number of hydrogen-bond acceptors (Lipinski definition) is 5. The Morgan fingerprint density at radius 3 is 2.33 bits per heavy atom. The van der Waals surface area contributed by atoms with Gasteiger partial charge in [0.25, 0.3) is 5.91 Å². The summed E-state index contributed by atoms with van der Waals surface area (Å²) in [5.74, 6) is -1.86. The number of aliphatic carboxylic acids is 1. The molecule has 4 N–H and O–H groups in total. The van der Waals surface area contributed by atoms with Gasteiger partial charge in [0.1, 0.15) is 0 Å². The molecule has 3 aromatic carbocycles. The van der Waals surface area contributed by atoms with Gasteiger partial charge in [-0.05, 0) is 47.4 Å². The van der Waals surface area contributed by atoms with Crippen molar-refractivity contribution in [1.82, 2.24) is 0 Å². The van der Waals surface area contributed by atoms with Crippen molar-refractivity contribution < 1.29 is 19.5 Å². The Bertz CT molecular complexity index is 1270. The molecule has 0 unspecified atom stereocenters. The first kappa shape index (κ1) is 23.2. The fourth-order valence-electron chi connectivity index (χ4n) is 3.45. The van der Waals surface area contributed by atoms with Crippen LogP contribution < -0.4 is 11.1 Å². The van der Waals surface area contributed by atoms with E-state index in [0.717, 1.165) is 5.56 Å². The first-order valence-corrected chi connectivity index (χ1v) is 10.3. The zero-order chi connectivity index (χ0) is 24.1. The van der Waals surface area contributed by atoms with E-state index >= 15 is 0 Å². The van der Waals surface area contributed by atoms with Gasteiger partial charge in [0, 0.05) is 11.1 Å². The van der Waals surface area contributed by atoms with Crippen molar-refractivity contribution in [3.8, 4) is 6.07 Å². The van der Waals surface area contributed by atoms with Crippen LogP contribution in [0.2, 0.25) is 0 Å². The van der Waals surface area contributed by atoms with Crippen LogP contribution in [-0.2, 0) is 11.2 Å². The SMILES string of the molecule is CC(C)c1ccc(C(=O)Nc2c(N)ccc(CC(=O)O)c2C(=O)c2cccc(C#N)c2)cc1. The molecule has 0 fully saturated rings. The van der Waals surface area contributed by atoms with Crippen LogP contribution in [0.4, 0.5) is 11.4 Å². The van der Waals surface area contributed by atoms with E-state index in [1.54, 1.807) is 24.3 Å². The molecule has 3 aromatic rings. The third-order valence-electron chi connectivity index (χ3n) is 5.22. The first-order valence-electron chi connectivity index (χ1n) is 10.3. The molecule has 7 nitrogen and oxygen atoms in total. The number of anilines is 2. The number of nitrogens with one attached hydrogen (secondary N) is 1. The molecule has 1 amide bonds. The normalized spacial score (nSPS) is 10.5. The van der Waals surface area contributed by atoms with Crippen molar-refractivity contribution >= 4 is 29.0 Å². The van der Waals surface area contributed by atoms with E-state index in [1.165, 1.54) is 24.3 Å². The van der Waals surface area contributed by atoms with Crippen LogP contribution in [0.25, 0.3) is 0 Å². The summed E-state index contributed by atoms with van der Waals surface area (Å²) < 4.78 is 0. The van der Waals surface area contributed by atoms with Crippen LogP contribution in [0.5, 0.6) is 0 Å². The highest BCUT2D eigenvalue weighted by Crippen LogP contribution is 2.31. The van der Waals surface area contributed by atoms with Crippen LogP contribution in [0.1, 0.15) is 62.7 Å². The van der Waals surface area contributed by atoms with Crippen LogP contribution in [-0.4, -0.2) is 22.8 Å². The number of nitrogen functional groups attached to an aromatic ring is 1. The summed E-state index contributed by atoms with van der Waals surface area (Å²) >= 11 is 0. The minimum absolute atomic E-state index is 0.0142. The Balaban J connectivity index is 2.08. The zero-order valence-electron chi connectivity index (χ0n) is 18.3.